The first kappa shape index (κ1) is 16.3. The van der Waals surface area contributed by atoms with Gasteiger partial charge in [-0.2, -0.15) is 8.78 Å². The molecule has 0 N–H and O–H groups in total. The van der Waals surface area contributed by atoms with Gasteiger partial charge in [0.15, 0.2) is 5.70 Å². The molecule has 0 unspecified atom stereocenters. The molecule has 1 aliphatic rings. The fourth-order valence-electron chi connectivity index (χ4n) is 2.08. The smallest absolute Gasteiger partial charge is 0.387 e. The second-order valence-electron chi connectivity index (χ2n) is 4.76. The lowest BCUT2D eigenvalue weighted by molar-refractivity contribution is -0.129. The number of alkyl halides is 2. The summed E-state index contributed by atoms with van der Waals surface area (Å²) < 4.78 is 34.8. The molecular weight excluding hydrogens is 384 g/mol. The normalized spacial score (nSPS) is 15.6. The van der Waals surface area contributed by atoms with Crippen LogP contribution in [0.1, 0.15) is 11.1 Å². The van der Waals surface area contributed by atoms with Gasteiger partial charge >= 0.3 is 12.6 Å². The van der Waals surface area contributed by atoms with Crippen molar-refractivity contribution >= 4 is 33.9 Å². The molecule has 0 spiro atoms. The highest BCUT2D eigenvalue weighted by Gasteiger charge is 2.24. The number of cyclic esters (lactones) is 1. The molecule has 0 aliphatic carbocycles. The third-order valence-electron chi connectivity index (χ3n) is 3.12. The highest BCUT2D eigenvalue weighted by Crippen LogP contribution is 2.24. The summed E-state index contributed by atoms with van der Waals surface area (Å²) in [5.41, 5.74) is 1.26. The summed E-state index contributed by atoms with van der Waals surface area (Å²) in [6.07, 6.45) is 1.58. The molecule has 0 radical (unpaired) electrons. The molecular formula is C17H10BrF2NO3. The summed E-state index contributed by atoms with van der Waals surface area (Å²) >= 11 is 3.38. The van der Waals surface area contributed by atoms with Gasteiger partial charge < -0.3 is 9.47 Å². The van der Waals surface area contributed by atoms with Crippen molar-refractivity contribution in [1.29, 1.82) is 0 Å². The molecule has 1 aliphatic heterocycles. The van der Waals surface area contributed by atoms with Gasteiger partial charge in [-0.3, -0.25) is 0 Å². The van der Waals surface area contributed by atoms with Crippen molar-refractivity contribution in [2.45, 2.75) is 6.61 Å². The van der Waals surface area contributed by atoms with E-state index in [0.29, 0.717) is 5.56 Å². The maximum atomic E-state index is 12.3. The predicted octanol–water partition coefficient (Wildman–Crippen LogP) is 4.40. The SMILES string of the molecule is O=C1OC(c2cccc(OC(F)F)c2)=N/C1=C\c1ccccc1Br. The fraction of sp³-hybridized carbons (Fsp3) is 0.0588. The van der Waals surface area contributed by atoms with Crippen LogP contribution in [0.15, 0.2) is 63.7 Å². The Balaban J connectivity index is 1.91. The topological polar surface area (TPSA) is 47.9 Å². The molecule has 3 rings (SSSR count). The summed E-state index contributed by atoms with van der Waals surface area (Å²) in [6.45, 7) is -2.93. The van der Waals surface area contributed by atoms with Crippen molar-refractivity contribution < 1.29 is 23.0 Å². The van der Waals surface area contributed by atoms with Crippen LogP contribution in [-0.2, 0) is 9.53 Å². The third kappa shape index (κ3) is 3.68. The Morgan fingerprint density at radius 2 is 1.96 bits per heavy atom. The van der Waals surface area contributed by atoms with Crippen LogP contribution < -0.4 is 4.74 Å². The van der Waals surface area contributed by atoms with E-state index in [-0.39, 0.29) is 17.3 Å². The first-order valence-electron chi connectivity index (χ1n) is 6.85. The van der Waals surface area contributed by atoms with Gasteiger partial charge in [0.25, 0.3) is 0 Å². The van der Waals surface area contributed by atoms with Gasteiger partial charge in [0.2, 0.25) is 5.90 Å². The largest absolute Gasteiger partial charge is 0.435 e. The minimum Gasteiger partial charge on any atom is -0.435 e. The third-order valence-corrected chi connectivity index (χ3v) is 3.85. The number of ether oxygens (including phenoxy) is 2. The van der Waals surface area contributed by atoms with Crippen LogP contribution in [0.2, 0.25) is 0 Å². The van der Waals surface area contributed by atoms with Crippen molar-refractivity contribution in [2.24, 2.45) is 4.99 Å². The number of benzene rings is 2. The fourth-order valence-corrected chi connectivity index (χ4v) is 2.48. The van der Waals surface area contributed by atoms with Crippen LogP contribution in [0, 0.1) is 0 Å². The van der Waals surface area contributed by atoms with Gasteiger partial charge in [-0.15, -0.1) is 0 Å². The molecule has 122 valence electrons. The van der Waals surface area contributed by atoms with Crippen molar-refractivity contribution in [3.05, 3.63) is 69.8 Å². The van der Waals surface area contributed by atoms with Crippen molar-refractivity contribution in [3.8, 4) is 5.75 Å². The number of rotatable bonds is 4. The maximum Gasteiger partial charge on any atom is 0.387 e. The average Bonchev–Trinajstić information content (AvgIpc) is 2.90. The highest BCUT2D eigenvalue weighted by molar-refractivity contribution is 9.10. The molecule has 24 heavy (non-hydrogen) atoms. The van der Waals surface area contributed by atoms with Gasteiger partial charge in [0.05, 0.1) is 0 Å². The van der Waals surface area contributed by atoms with Crippen LogP contribution in [-0.4, -0.2) is 18.5 Å². The number of carbonyl (C=O) groups excluding carboxylic acids is 1. The van der Waals surface area contributed by atoms with E-state index in [4.69, 9.17) is 4.74 Å². The Kier molecular flexibility index (Phi) is 4.71. The van der Waals surface area contributed by atoms with Gasteiger partial charge in [-0.1, -0.05) is 40.2 Å². The first-order chi connectivity index (χ1) is 11.5. The van der Waals surface area contributed by atoms with E-state index in [2.05, 4.69) is 25.7 Å². The Morgan fingerprint density at radius 3 is 2.71 bits per heavy atom. The maximum absolute atomic E-state index is 12.3. The zero-order valence-corrected chi connectivity index (χ0v) is 13.7. The number of halogens is 3. The molecule has 0 saturated heterocycles. The molecule has 4 nitrogen and oxygen atoms in total. The lowest BCUT2D eigenvalue weighted by Crippen LogP contribution is -2.07. The van der Waals surface area contributed by atoms with Gasteiger partial charge in [-0.25, -0.2) is 9.79 Å². The minimum absolute atomic E-state index is 0.0375. The number of aliphatic imine (C=N–C) groups is 1. The molecule has 0 aromatic heterocycles. The van der Waals surface area contributed by atoms with Crippen molar-refractivity contribution in [3.63, 3.8) is 0 Å². The Bertz CT molecular complexity index is 849. The lowest BCUT2D eigenvalue weighted by atomic mass is 10.2. The van der Waals surface area contributed by atoms with E-state index in [1.54, 1.807) is 12.1 Å². The summed E-state index contributed by atoms with van der Waals surface area (Å²) in [5, 5.41) is 0. The average molecular weight is 394 g/mol. The molecule has 0 saturated carbocycles. The molecule has 7 heteroatoms. The number of hydrogen-bond acceptors (Lipinski definition) is 4. The van der Waals surface area contributed by atoms with E-state index < -0.39 is 12.6 Å². The first-order valence-corrected chi connectivity index (χ1v) is 7.64. The molecule has 0 amide bonds. The summed E-state index contributed by atoms with van der Waals surface area (Å²) in [4.78, 5) is 16.1. The predicted molar refractivity (Wildman–Crippen MR) is 87.8 cm³/mol. The van der Waals surface area contributed by atoms with E-state index in [1.807, 2.05) is 24.3 Å². The number of hydrogen-bond donors (Lipinski definition) is 0. The molecule has 2 aromatic carbocycles. The minimum atomic E-state index is -2.93. The van der Waals surface area contributed by atoms with E-state index >= 15 is 0 Å². The van der Waals surface area contributed by atoms with E-state index in [9.17, 15) is 13.6 Å². The zero-order chi connectivity index (χ0) is 17.1. The molecule has 1 heterocycles. The molecule has 0 bridgehead atoms. The Morgan fingerprint density at radius 1 is 1.17 bits per heavy atom. The number of carbonyl (C=O) groups is 1. The molecule has 0 fully saturated rings. The summed E-state index contributed by atoms with van der Waals surface area (Å²) in [6, 6.07) is 13.1. The second-order valence-corrected chi connectivity index (χ2v) is 5.62. The van der Waals surface area contributed by atoms with Crippen LogP contribution >= 0.6 is 15.9 Å². The van der Waals surface area contributed by atoms with Crippen molar-refractivity contribution in [1.82, 2.24) is 0 Å². The van der Waals surface area contributed by atoms with Gasteiger partial charge in [0.1, 0.15) is 5.75 Å². The van der Waals surface area contributed by atoms with E-state index in [0.717, 1.165) is 10.0 Å². The van der Waals surface area contributed by atoms with Gasteiger partial charge in [-0.05, 0) is 35.9 Å². The summed E-state index contributed by atoms with van der Waals surface area (Å²) in [5.74, 6) is -0.608. The van der Waals surface area contributed by atoms with Crippen LogP contribution in [0.4, 0.5) is 8.78 Å². The van der Waals surface area contributed by atoms with Gasteiger partial charge in [0, 0.05) is 10.0 Å². The lowest BCUT2D eigenvalue weighted by Gasteiger charge is -2.05. The highest BCUT2D eigenvalue weighted by atomic mass is 79.9. The standard InChI is InChI=1S/C17H10BrF2NO3/c18-13-7-2-1-4-10(13)9-14-16(22)24-15(21-14)11-5-3-6-12(8-11)23-17(19)20/h1-9,17H/b14-9-. The van der Waals surface area contributed by atoms with Crippen molar-refractivity contribution in [2.75, 3.05) is 0 Å². The van der Waals surface area contributed by atoms with Crippen LogP contribution in [0.3, 0.4) is 0 Å². The number of esters is 1. The molecule has 2 aromatic rings. The Labute approximate surface area is 144 Å². The van der Waals surface area contributed by atoms with E-state index in [1.165, 1.54) is 18.2 Å². The summed E-state index contributed by atoms with van der Waals surface area (Å²) in [7, 11) is 0. The quantitative estimate of drug-likeness (QED) is 0.571. The second kappa shape index (κ2) is 6.92. The zero-order valence-electron chi connectivity index (χ0n) is 12.1. The molecule has 0 atom stereocenters. The van der Waals surface area contributed by atoms with Crippen LogP contribution in [0.25, 0.3) is 6.08 Å². The van der Waals surface area contributed by atoms with Crippen LogP contribution in [0.5, 0.6) is 5.75 Å². The monoisotopic (exact) mass is 393 g/mol. The number of nitrogens with zero attached hydrogens (tertiary/aromatic N) is 1. The Hall–Kier alpha value is -2.54.